The van der Waals surface area contributed by atoms with E-state index in [-0.39, 0.29) is 11.7 Å². The molecule has 2 aromatic carbocycles. The Morgan fingerprint density at radius 3 is 2.36 bits per heavy atom. The highest BCUT2D eigenvalue weighted by molar-refractivity contribution is 7.89. The van der Waals surface area contributed by atoms with Gasteiger partial charge in [0.05, 0.1) is 20.0 Å². The molecule has 0 aliphatic heterocycles. The van der Waals surface area contributed by atoms with Gasteiger partial charge in [-0.2, -0.15) is 0 Å². The predicted octanol–water partition coefficient (Wildman–Crippen LogP) is 2.95. The fourth-order valence-corrected chi connectivity index (χ4v) is 3.76. The van der Waals surface area contributed by atoms with Crippen LogP contribution in [0, 0.1) is 0 Å². The Labute approximate surface area is 167 Å². The molecule has 152 valence electrons. The van der Waals surface area contributed by atoms with E-state index in [1.807, 2.05) is 18.2 Å². The molecule has 6 nitrogen and oxygen atoms in total. The number of carbonyl (C=O) groups is 1. The van der Waals surface area contributed by atoms with Gasteiger partial charge in [-0.15, -0.1) is 0 Å². The third-order valence-corrected chi connectivity index (χ3v) is 5.21. The van der Waals surface area contributed by atoms with Crippen molar-refractivity contribution in [1.29, 1.82) is 0 Å². The summed E-state index contributed by atoms with van der Waals surface area (Å²) >= 11 is 0. The van der Waals surface area contributed by atoms with Crippen molar-refractivity contribution < 1.29 is 22.7 Å². The lowest BCUT2D eigenvalue weighted by atomic mass is 10.1. The summed E-state index contributed by atoms with van der Waals surface area (Å²) in [5, 5.41) is 0. The average Bonchev–Trinajstić information content (AvgIpc) is 2.66. The van der Waals surface area contributed by atoms with Crippen molar-refractivity contribution in [2.24, 2.45) is 0 Å². The Morgan fingerprint density at radius 2 is 1.71 bits per heavy atom. The number of benzene rings is 2. The molecule has 0 aliphatic carbocycles. The van der Waals surface area contributed by atoms with Gasteiger partial charge in [0, 0.05) is 25.4 Å². The number of nitrogens with zero attached hydrogens (tertiary/aromatic N) is 1. The molecule has 7 heteroatoms. The summed E-state index contributed by atoms with van der Waals surface area (Å²) in [6.07, 6.45) is 2.77. The molecule has 0 N–H and O–H groups in total. The minimum Gasteiger partial charge on any atom is -0.493 e. The van der Waals surface area contributed by atoms with Gasteiger partial charge < -0.3 is 14.4 Å². The second-order valence-electron chi connectivity index (χ2n) is 6.79. The number of ether oxygens (including phenoxy) is 2. The van der Waals surface area contributed by atoms with Gasteiger partial charge in [-0.05, 0) is 48.2 Å². The van der Waals surface area contributed by atoms with Crippen LogP contribution < -0.4 is 9.47 Å². The van der Waals surface area contributed by atoms with E-state index in [2.05, 4.69) is 0 Å². The lowest BCUT2D eigenvalue weighted by Gasteiger charge is -2.18. The number of hydrogen-bond acceptors (Lipinski definition) is 5. The van der Waals surface area contributed by atoms with Crippen LogP contribution in [0.5, 0.6) is 11.5 Å². The Balaban J connectivity index is 1.95. The van der Waals surface area contributed by atoms with Crippen molar-refractivity contribution in [3.05, 3.63) is 59.2 Å². The Bertz CT molecular complexity index is 924. The molecule has 28 heavy (non-hydrogen) atoms. The number of amides is 1. The van der Waals surface area contributed by atoms with Crippen LogP contribution in [0.4, 0.5) is 0 Å². The predicted molar refractivity (Wildman–Crippen MR) is 110 cm³/mol. The number of aryl methyl sites for hydroxylation is 1. The van der Waals surface area contributed by atoms with E-state index in [1.54, 1.807) is 50.4 Å². The molecular weight excluding hydrogens is 378 g/mol. The maximum atomic E-state index is 12.6. The van der Waals surface area contributed by atoms with Gasteiger partial charge in [-0.25, -0.2) is 8.42 Å². The topological polar surface area (TPSA) is 72.9 Å². The molecule has 0 heterocycles. The fraction of sp³-hybridized carbons (Fsp3) is 0.381. The van der Waals surface area contributed by atoms with Gasteiger partial charge in [-0.1, -0.05) is 18.2 Å². The second kappa shape index (κ2) is 9.59. The van der Waals surface area contributed by atoms with E-state index < -0.39 is 9.84 Å². The van der Waals surface area contributed by atoms with E-state index >= 15 is 0 Å². The molecule has 1 amide bonds. The van der Waals surface area contributed by atoms with Crippen LogP contribution in [0.25, 0.3) is 0 Å². The highest BCUT2D eigenvalue weighted by Crippen LogP contribution is 2.28. The van der Waals surface area contributed by atoms with E-state index in [1.165, 1.54) is 6.26 Å². The van der Waals surface area contributed by atoms with Crippen LogP contribution in [0.1, 0.15) is 27.9 Å². The van der Waals surface area contributed by atoms with Crippen LogP contribution in [0.3, 0.4) is 0 Å². The normalized spacial score (nSPS) is 11.1. The highest BCUT2D eigenvalue weighted by atomic mass is 32.2. The molecule has 0 saturated carbocycles. The van der Waals surface area contributed by atoms with Gasteiger partial charge in [0.15, 0.2) is 21.3 Å². The zero-order valence-electron chi connectivity index (χ0n) is 16.8. The first-order valence-corrected chi connectivity index (χ1v) is 11.0. The van der Waals surface area contributed by atoms with Crippen LogP contribution in [0.2, 0.25) is 0 Å². The Kier molecular flexibility index (Phi) is 7.45. The molecule has 0 atom stereocenters. The monoisotopic (exact) mass is 405 g/mol. The standard InChI is InChI=1S/C21H27NO5S/c1-22(12-6-8-16-10-11-19(26-2)20(14-16)27-3)21(23)18-9-5-7-17(13-18)15-28(4,24)25/h5,7,9-11,13-14H,6,8,12,15H2,1-4H3. The minimum absolute atomic E-state index is 0.0723. The quantitative estimate of drug-likeness (QED) is 0.641. The van der Waals surface area contributed by atoms with Crippen molar-refractivity contribution in [3.8, 4) is 11.5 Å². The SMILES string of the molecule is COc1ccc(CCCN(C)C(=O)c2cccc(CS(C)(=O)=O)c2)cc1OC. The maximum Gasteiger partial charge on any atom is 0.253 e. The molecule has 0 saturated heterocycles. The second-order valence-corrected chi connectivity index (χ2v) is 8.93. The number of hydrogen-bond donors (Lipinski definition) is 0. The van der Waals surface area contributed by atoms with Crippen LogP contribution in [0.15, 0.2) is 42.5 Å². The molecule has 0 aliphatic rings. The van der Waals surface area contributed by atoms with Crippen LogP contribution in [-0.2, 0) is 22.0 Å². The highest BCUT2D eigenvalue weighted by Gasteiger charge is 2.13. The van der Waals surface area contributed by atoms with E-state index in [4.69, 9.17) is 9.47 Å². The van der Waals surface area contributed by atoms with Crippen molar-refractivity contribution >= 4 is 15.7 Å². The van der Waals surface area contributed by atoms with Crippen molar-refractivity contribution in [3.63, 3.8) is 0 Å². The number of rotatable bonds is 9. The molecule has 0 radical (unpaired) electrons. The Hall–Kier alpha value is -2.54. The summed E-state index contributed by atoms with van der Waals surface area (Å²) in [5.41, 5.74) is 2.22. The Morgan fingerprint density at radius 1 is 1.00 bits per heavy atom. The molecule has 0 spiro atoms. The third-order valence-electron chi connectivity index (χ3n) is 4.36. The average molecular weight is 406 g/mol. The first kappa shape index (κ1) is 21.8. The van der Waals surface area contributed by atoms with Crippen molar-refractivity contribution in [2.45, 2.75) is 18.6 Å². The molecular formula is C21H27NO5S. The smallest absolute Gasteiger partial charge is 0.253 e. The fourth-order valence-electron chi connectivity index (χ4n) is 2.98. The molecule has 2 rings (SSSR count). The molecule has 0 fully saturated rings. The zero-order valence-corrected chi connectivity index (χ0v) is 17.6. The zero-order chi connectivity index (χ0) is 20.7. The maximum absolute atomic E-state index is 12.6. The lowest BCUT2D eigenvalue weighted by molar-refractivity contribution is 0.0793. The third kappa shape index (κ3) is 6.27. The van der Waals surface area contributed by atoms with Crippen LogP contribution in [-0.4, -0.2) is 53.3 Å². The van der Waals surface area contributed by atoms with Gasteiger partial charge >= 0.3 is 0 Å². The number of methoxy groups -OCH3 is 2. The summed E-state index contributed by atoms with van der Waals surface area (Å²) in [4.78, 5) is 14.3. The van der Waals surface area contributed by atoms with E-state index in [0.717, 1.165) is 18.4 Å². The molecule has 0 unspecified atom stereocenters. The van der Waals surface area contributed by atoms with E-state index in [9.17, 15) is 13.2 Å². The summed E-state index contributed by atoms with van der Waals surface area (Å²) < 4.78 is 33.5. The first-order valence-electron chi connectivity index (χ1n) is 8.96. The summed E-state index contributed by atoms with van der Waals surface area (Å²) in [5.74, 6) is 1.18. The summed E-state index contributed by atoms with van der Waals surface area (Å²) in [6.45, 7) is 0.587. The minimum atomic E-state index is -3.14. The molecule has 0 bridgehead atoms. The largest absolute Gasteiger partial charge is 0.493 e. The molecule has 2 aromatic rings. The summed E-state index contributed by atoms with van der Waals surface area (Å²) in [7, 11) is 1.81. The number of sulfone groups is 1. The van der Waals surface area contributed by atoms with Crippen molar-refractivity contribution in [2.75, 3.05) is 34.1 Å². The van der Waals surface area contributed by atoms with Crippen molar-refractivity contribution in [1.82, 2.24) is 4.90 Å². The van der Waals surface area contributed by atoms with Gasteiger partial charge in [0.25, 0.3) is 5.91 Å². The first-order chi connectivity index (χ1) is 13.2. The van der Waals surface area contributed by atoms with Gasteiger partial charge in [0.1, 0.15) is 0 Å². The number of carbonyl (C=O) groups excluding carboxylic acids is 1. The van der Waals surface area contributed by atoms with Gasteiger partial charge in [0.2, 0.25) is 0 Å². The van der Waals surface area contributed by atoms with E-state index in [0.29, 0.717) is 29.2 Å². The lowest BCUT2D eigenvalue weighted by Crippen LogP contribution is -2.28. The van der Waals surface area contributed by atoms with Crippen LogP contribution >= 0.6 is 0 Å². The van der Waals surface area contributed by atoms with Gasteiger partial charge in [-0.3, -0.25) is 4.79 Å². The summed E-state index contributed by atoms with van der Waals surface area (Å²) in [6, 6.07) is 12.6. The molecule has 0 aromatic heterocycles.